The molecule has 3 rings (SSSR count). The Balaban J connectivity index is 1.79. The summed E-state index contributed by atoms with van der Waals surface area (Å²) in [5, 5.41) is 10.3. The van der Waals surface area contributed by atoms with Crippen LogP contribution in [0, 0.1) is 0 Å². The van der Waals surface area contributed by atoms with Crippen LogP contribution in [-0.2, 0) is 11.2 Å². The SMILES string of the molecule is CCc1c(C(=O)Nc2ccc(NC(=O)OC)cc2)cnn1-c1cccc(Cl)c1. The molecular weight excluding hydrogens is 380 g/mol. The molecule has 2 aromatic carbocycles. The number of carbonyl (C=O) groups is 2. The summed E-state index contributed by atoms with van der Waals surface area (Å²) in [6, 6.07) is 14.0. The summed E-state index contributed by atoms with van der Waals surface area (Å²) in [5.74, 6) is -0.265. The van der Waals surface area contributed by atoms with Crippen LogP contribution in [0.2, 0.25) is 5.02 Å². The largest absolute Gasteiger partial charge is 0.453 e. The van der Waals surface area contributed by atoms with E-state index in [0.29, 0.717) is 28.4 Å². The Labute approximate surface area is 167 Å². The number of rotatable bonds is 5. The molecule has 28 heavy (non-hydrogen) atoms. The van der Waals surface area contributed by atoms with Gasteiger partial charge in [-0.05, 0) is 48.9 Å². The van der Waals surface area contributed by atoms with Gasteiger partial charge in [0.25, 0.3) is 5.91 Å². The molecule has 0 atom stereocenters. The van der Waals surface area contributed by atoms with Crippen LogP contribution in [0.25, 0.3) is 5.69 Å². The highest BCUT2D eigenvalue weighted by Gasteiger charge is 2.17. The van der Waals surface area contributed by atoms with Gasteiger partial charge in [-0.15, -0.1) is 0 Å². The minimum absolute atomic E-state index is 0.265. The van der Waals surface area contributed by atoms with E-state index in [4.69, 9.17) is 11.6 Å². The first-order chi connectivity index (χ1) is 13.5. The van der Waals surface area contributed by atoms with Crippen LogP contribution in [0.4, 0.5) is 16.2 Å². The number of methoxy groups -OCH3 is 1. The van der Waals surface area contributed by atoms with Gasteiger partial charge in [-0.1, -0.05) is 24.6 Å². The van der Waals surface area contributed by atoms with E-state index >= 15 is 0 Å². The summed E-state index contributed by atoms with van der Waals surface area (Å²) in [5.41, 5.74) is 3.22. The number of anilines is 2. The number of halogens is 1. The molecule has 0 aliphatic heterocycles. The Morgan fingerprint density at radius 3 is 2.39 bits per heavy atom. The lowest BCUT2D eigenvalue weighted by molar-refractivity contribution is 0.102. The van der Waals surface area contributed by atoms with Crippen LogP contribution in [0.5, 0.6) is 0 Å². The number of nitrogens with zero attached hydrogens (tertiary/aromatic N) is 2. The average molecular weight is 399 g/mol. The lowest BCUT2D eigenvalue weighted by Gasteiger charge is -2.09. The Bertz CT molecular complexity index is 999. The molecule has 1 aromatic heterocycles. The zero-order valence-corrected chi connectivity index (χ0v) is 16.2. The number of nitrogens with one attached hydrogen (secondary N) is 2. The van der Waals surface area contributed by atoms with Gasteiger partial charge in [0.15, 0.2) is 0 Å². The molecule has 144 valence electrons. The summed E-state index contributed by atoms with van der Waals surface area (Å²) < 4.78 is 6.25. The maximum Gasteiger partial charge on any atom is 0.411 e. The minimum atomic E-state index is -0.558. The zero-order chi connectivity index (χ0) is 20.1. The number of hydrogen-bond acceptors (Lipinski definition) is 4. The number of ether oxygens (including phenoxy) is 1. The molecule has 8 heteroatoms. The molecule has 0 radical (unpaired) electrons. The van der Waals surface area contributed by atoms with Crippen molar-refractivity contribution in [2.45, 2.75) is 13.3 Å². The lowest BCUT2D eigenvalue weighted by Crippen LogP contribution is -2.14. The van der Waals surface area contributed by atoms with Gasteiger partial charge in [0.1, 0.15) is 0 Å². The predicted octanol–water partition coefficient (Wildman–Crippen LogP) is 4.52. The molecule has 0 spiro atoms. The van der Waals surface area contributed by atoms with Crippen LogP contribution in [0.1, 0.15) is 23.0 Å². The van der Waals surface area contributed by atoms with Gasteiger partial charge in [-0.2, -0.15) is 5.10 Å². The quantitative estimate of drug-likeness (QED) is 0.661. The molecule has 0 aliphatic carbocycles. The van der Waals surface area contributed by atoms with E-state index < -0.39 is 6.09 Å². The van der Waals surface area contributed by atoms with Crippen LogP contribution in [-0.4, -0.2) is 28.9 Å². The summed E-state index contributed by atoms with van der Waals surface area (Å²) in [6.45, 7) is 1.96. The molecule has 0 unspecified atom stereocenters. The smallest absolute Gasteiger partial charge is 0.411 e. The first kappa shape index (κ1) is 19.4. The number of aromatic nitrogens is 2. The second-order valence-corrected chi connectivity index (χ2v) is 6.33. The normalized spacial score (nSPS) is 10.4. The van der Waals surface area contributed by atoms with Gasteiger partial charge in [0.2, 0.25) is 0 Å². The van der Waals surface area contributed by atoms with Crippen LogP contribution in [0.15, 0.2) is 54.7 Å². The molecule has 0 bridgehead atoms. The predicted molar refractivity (Wildman–Crippen MR) is 108 cm³/mol. The number of carbonyl (C=O) groups excluding carboxylic acids is 2. The molecule has 1 heterocycles. The highest BCUT2D eigenvalue weighted by Crippen LogP contribution is 2.21. The van der Waals surface area contributed by atoms with Crippen molar-refractivity contribution in [3.8, 4) is 5.69 Å². The van der Waals surface area contributed by atoms with E-state index in [0.717, 1.165) is 11.4 Å². The van der Waals surface area contributed by atoms with E-state index in [1.165, 1.54) is 7.11 Å². The molecule has 0 saturated heterocycles. The summed E-state index contributed by atoms with van der Waals surface area (Å²) in [7, 11) is 1.29. The molecular formula is C20H19ClN4O3. The molecule has 2 amide bonds. The highest BCUT2D eigenvalue weighted by molar-refractivity contribution is 6.30. The summed E-state index contributed by atoms with van der Waals surface area (Å²) in [4.78, 5) is 24.0. The fraction of sp³-hybridized carbons (Fsp3) is 0.150. The van der Waals surface area contributed by atoms with Crippen molar-refractivity contribution >= 4 is 35.0 Å². The third kappa shape index (κ3) is 4.32. The van der Waals surface area contributed by atoms with E-state index in [-0.39, 0.29) is 5.91 Å². The topological polar surface area (TPSA) is 85.2 Å². The third-order valence-corrected chi connectivity index (χ3v) is 4.31. The van der Waals surface area contributed by atoms with Gasteiger partial charge in [-0.25, -0.2) is 9.48 Å². The van der Waals surface area contributed by atoms with Crippen LogP contribution >= 0.6 is 11.6 Å². The molecule has 0 fully saturated rings. The van der Waals surface area contributed by atoms with Crippen LogP contribution < -0.4 is 10.6 Å². The summed E-state index contributed by atoms with van der Waals surface area (Å²) >= 11 is 6.07. The average Bonchev–Trinajstić information content (AvgIpc) is 3.13. The number of benzene rings is 2. The maximum absolute atomic E-state index is 12.7. The maximum atomic E-state index is 12.7. The Kier molecular flexibility index (Phi) is 5.96. The van der Waals surface area contributed by atoms with E-state index in [2.05, 4.69) is 20.5 Å². The number of hydrogen-bond donors (Lipinski definition) is 2. The fourth-order valence-corrected chi connectivity index (χ4v) is 2.92. The zero-order valence-electron chi connectivity index (χ0n) is 15.4. The van der Waals surface area contributed by atoms with Crippen molar-refractivity contribution < 1.29 is 14.3 Å². The van der Waals surface area contributed by atoms with Crippen molar-refractivity contribution in [1.29, 1.82) is 0 Å². The molecule has 7 nitrogen and oxygen atoms in total. The van der Waals surface area contributed by atoms with E-state index in [1.54, 1.807) is 47.3 Å². The van der Waals surface area contributed by atoms with Gasteiger partial charge < -0.3 is 10.1 Å². The Morgan fingerprint density at radius 2 is 1.79 bits per heavy atom. The van der Waals surface area contributed by atoms with Crippen molar-refractivity contribution in [1.82, 2.24) is 9.78 Å². The second-order valence-electron chi connectivity index (χ2n) is 5.90. The number of amides is 2. The monoisotopic (exact) mass is 398 g/mol. The Morgan fingerprint density at radius 1 is 1.11 bits per heavy atom. The van der Waals surface area contributed by atoms with Gasteiger partial charge in [-0.3, -0.25) is 10.1 Å². The lowest BCUT2D eigenvalue weighted by atomic mass is 10.1. The van der Waals surface area contributed by atoms with Crippen LogP contribution in [0.3, 0.4) is 0 Å². The molecule has 0 aliphatic rings. The third-order valence-electron chi connectivity index (χ3n) is 4.08. The summed E-state index contributed by atoms with van der Waals surface area (Å²) in [6.07, 6.45) is 1.61. The Hall–Kier alpha value is -3.32. The molecule has 2 N–H and O–H groups in total. The standard InChI is InChI=1S/C20H19ClN4O3/c1-3-18-17(12-22-25(18)16-6-4-5-13(21)11-16)19(26)23-14-7-9-15(10-8-14)24-20(27)28-2/h4-12H,3H2,1-2H3,(H,23,26)(H,24,27). The van der Waals surface area contributed by atoms with E-state index in [1.807, 2.05) is 19.1 Å². The van der Waals surface area contributed by atoms with Gasteiger partial charge >= 0.3 is 6.09 Å². The van der Waals surface area contributed by atoms with Crippen molar-refractivity contribution in [2.75, 3.05) is 17.7 Å². The van der Waals surface area contributed by atoms with Gasteiger partial charge in [0, 0.05) is 16.4 Å². The fourth-order valence-electron chi connectivity index (χ4n) is 2.74. The molecule has 0 saturated carbocycles. The van der Waals surface area contributed by atoms with Crippen molar-refractivity contribution in [2.24, 2.45) is 0 Å². The first-order valence-corrected chi connectivity index (χ1v) is 8.99. The second kappa shape index (κ2) is 8.58. The minimum Gasteiger partial charge on any atom is -0.453 e. The highest BCUT2D eigenvalue weighted by atomic mass is 35.5. The van der Waals surface area contributed by atoms with Gasteiger partial charge in [0.05, 0.1) is 30.3 Å². The molecule has 3 aromatic rings. The van der Waals surface area contributed by atoms with Crippen molar-refractivity contribution in [3.05, 3.63) is 71.0 Å². The van der Waals surface area contributed by atoms with E-state index in [9.17, 15) is 9.59 Å². The van der Waals surface area contributed by atoms with Crippen molar-refractivity contribution in [3.63, 3.8) is 0 Å². The first-order valence-electron chi connectivity index (χ1n) is 8.61.